The molecule has 1 saturated heterocycles. The summed E-state index contributed by atoms with van der Waals surface area (Å²) in [6, 6.07) is 7.98. The number of fused-ring (bicyclic) bond motifs is 1. The molecule has 6 nitrogen and oxygen atoms in total. The summed E-state index contributed by atoms with van der Waals surface area (Å²) in [4.78, 5) is 16.4. The second-order valence-electron chi connectivity index (χ2n) is 6.10. The van der Waals surface area contributed by atoms with Gasteiger partial charge in [0.15, 0.2) is 0 Å². The molecule has 7 heteroatoms. The number of para-hydroxylation sites is 1. The van der Waals surface area contributed by atoms with Crippen LogP contribution in [0.2, 0.25) is 0 Å². The van der Waals surface area contributed by atoms with Gasteiger partial charge < -0.3 is 4.90 Å². The van der Waals surface area contributed by atoms with Gasteiger partial charge in [-0.15, -0.1) is 0 Å². The molecule has 0 bridgehead atoms. The van der Waals surface area contributed by atoms with Gasteiger partial charge in [0, 0.05) is 31.4 Å². The van der Waals surface area contributed by atoms with Crippen LogP contribution in [0.15, 0.2) is 24.3 Å². The molecule has 1 aromatic rings. The number of sulfonamides is 1. The van der Waals surface area contributed by atoms with Crippen molar-refractivity contribution in [3.8, 4) is 0 Å². The van der Waals surface area contributed by atoms with E-state index >= 15 is 0 Å². The minimum atomic E-state index is -3.18. The summed E-state index contributed by atoms with van der Waals surface area (Å²) in [6.07, 6.45) is 2.23. The Kier molecular flexibility index (Phi) is 4.59. The van der Waals surface area contributed by atoms with Crippen molar-refractivity contribution in [3.05, 3.63) is 29.8 Å². The molecule has 1 aromatic carbocycles. The molecule has 2 amide bonds. The van der Waals surface area contributed by atoms with Gasteiger partial charge in [0.1, 0.15) is 0 Å². The molecule has 0 atom stereocenters. The minimum absolute atomic E-state index is 0.0340. The number of anilines is 1. The fourth-order valence-electron chi connectivity index (χ4n) is 3.23. The molecule has 2 aliphatic heterocycles. The highest BCUT2D eigenvalue weighted by Gasteiger charge is 2.31. The number of carbonyl (C=O) groups is 1. The number of urea groups is 1. The molecular formula is C16H23N3O3S. The number of benzene rings is 1. The van der Waals surface area contributed by atoms with Crippen molar-refractivity contribution in [2.75, 3.05) is 30.3 Å². The number of likely N-dealkylation sites (tertiary alicyclic amines) is 1. The lowest BCUT2D eigenvalue weighted by molar-refractivity contribution is 0.187. The van der Waals surface area contributed by atoms with Crippen molar-refractivity contribution < 1.29 is 13.2 Å². The van der Waals surface area contributed by atoms with Crippen molar-refractivity contribution in [2.24, 2.45) is 0 Å². The van der Waals surface area contributed by atoms with E-state index in [2.05, 4.69) is 10.8 Å². The molecule has 126 valence electrons. The Bertz CT molecular complexity index is 682. The summed E-state index contributed by atoms with van der Waals surface area (Å²) in [5, 5.41) is 0. The summed E-state index contributed by atoms with van der Waals surface area (Å²) in [5.41, 5.74) is 2.22. The number of rotatable bonds is 3. The summed E-state index contributed by atoms with van der Waals surface area (Å²) in [6.45, 7) is 3.54. The van der Waals surface area contributed by atoms with E-state index < -0.39 is 10.0 Å². The normalized spacial score (nSPS) is 19.0. The topological polar surface area (TPSA) is 69.7 Å². The van der Waals surface area contributed by atoms with Crippen LogP contribution in [-0.4, -0.2) is 50.8 Å². The first-order valence-corrected chi connectivity index (χ1v) is 9.80. The van der Waals surface area contributed by atoms with Crippen molar-refractivity contribution in [2.45, 2.75) is 32.2 Å². The lowest BCUT2D eigenvalue weighted by atomic mass is 10.1. The predicted molar refractivity (Wildman–Crippen MR) is 90.1 cm³/mol. The lowest BCUT2D eigenvalue weighted by Crippen LogP contribution is -2.50. The van der Waals surface area contributed by atoms with Crippen molar-refractivity contribution in [1.82, 2.24) is 9.62 Å². The molecule has 3 rings (SSSR count). The summed E-state index contributed by atoms with van der Waals surface area (Å²) in [7, 11) is -3.18. The van der Waals surface area contributed by atoms with E-state index in [0.29, 0.717) is 25.9 Å². The molecule has 0 aromatic heterocycles. The van der Waals surface area contributed by atoms with Crippen LogP contribution < -0.4 is 9.62 Å². The van der Waals surface area contributed by atoms with Crippen LogP contribution >= 0.6 is 0 Å². The molecule has 2 aliphatic rings. The highest BCUT2D eigenvalue weighted by molar-refractivity contribution is 7.89. The first-order valence-electron chi connectivity index (χ1n) is 8.14. The number of amides is 2. The molecule has 0 unspecified atom stereocenters. The third-order valence-electron chi connectivity index (χ3n) is 4.61. The van der Waals surface area contributed by atoms with Crippen LogP contribution in [0.5, 0.6) is 0 Å². The van der Waals surface area contributed by atoms with Gasteiger partial charge in [-0.3, -0.25) is 4.90 Å². The van der Waals surface area contributed by atoms with Crippen LogP contribution in [0.25, 0.3) is 0 Å². The van der Waals surface area contributed by atoms with Gasteiger partial charge in [-0.1, -0.05) is 18.2 Å². The number of hydrogen-bond acceptors (Lipinski definition) is 3. The zero-order chi connectivity index (χ0) is 16.4. The third kappa shape index (κ3) is 3.50. The van der Waals surface area contributed by atoms with Crippen LogP contribution in [-0.2, 0) is 16.4 Å². The van der Waals surface area contributed by atoms with E-state index in [4.69, 9.17) is 0 Å². The SMILES string of the molecule is CCS(=O)(=O)NC1CCN(C(=O)N2CCc3ccccc32)CC1. The number of carbonyl (C=O) groups excluding carboxylic acids is 1. The largest absolute Gasteiger partial charge is 0.324 e. The molecule has 0 saturated carbocycles. The second kappa shape index (κ2) is 6.49. The zero-order valence-electron chi connectivity index (χ0n) is 13.4. The van der Waals surface area contributed by atoms with Crippen LogP contribution in [0.4, 0.5) is 10.5 Å². The number of piperidine rings is 1. The van der Waals surface area contributed by atoms with E-state index in [0.717, 1.165) is 18.7 Å². The molecule has 0 spiro atoms. The van der Waals surface area contributed by atoms with E-state index in [-0.39, 0.29) is 17.8 Å². The Hall–Kier alpha value is -1.60. The standard InChI is InChI=1S/C16H23N3O3S/c1-2-23(21,22)17-14-8-10-18(11-9-14)16(20)19-12-7-13-5-3-4-6-15(13)19/h3-6,14,17H,2,7-12H2,1H3. The second-order valence-corrected chi connectivity index (χ2v) is 8.14. The maximum Gasteiger partial charge on any atom is 0.324 e. The van der Waals surface area contributed by atoms with Gasteiger partial charge in [-0.25, -0.2) is 17.9 Å². The van der Waals surface area contributed by atoms with Gasteiger partial charge in [0.25, 0.3) is 0 Å². The van der Waals surface area contributed by atoms with Gasteiger partial charge in [0.05, 0.1) is 5.75 Å². The third-order valence-corrected chi connectivity index (χ3v) is 6.06. The van der Waals surface area contributed by atoms with Crippen LogP contribution in [0.1, 0.15) is 25.3 Å². The summed E-state index contributed by atoms with van der Waals surface area (Å²) < 4.78 is 26.0. The Balaban J connectivity index is 1.59. The molecule has 0 aliphatic carbocycles. The molecule has 2 heterocycles. The zero-order valence-corrected chi connectivity index (χ0v) is 14.2. The number of nitrogens with one attached hydrogen (secondary N) is 1. The highest BCUT2D eigenvalue weighted by atomic mass is 32.2. The summed E-state index contributed by atoms with van der Waals surface area (Å²) >= 11 is 0. The average Bonchev–Trinajstić information content (AvgIpc) is 2.98. The Labute approximate surface area is 137 Å². The van der Waals surface area contributed by atoms with E-state index in [1.54, 1.807) is 6.92 Å². The Morgan fingerprint density at radius 3 is 2.61 bits per heavy atom. The van der Waals surface area contributed by atoms with Gasteiger partial charge in [-0.2, -0.15) is 0 Å². The Morgan fingerprint density at radius 2 is 1.91 bits per heavy atom. The quantitative estimate of drug-likeness (QED) is 0.910. The molecule has 0 radical (unpaired) electrons. The van der Waals surface area contributed by atoms with E-state index in [1.165, 1.54) is 5.56 Å². The fraction of sp³-hybridized carbons (Fsp3) is 0.562. The fourth-order valence-corrected chi connectivity index (χ4v) is 4.14. The maximum absolute atomic E-state index is 12.7. The molecular weight excluding hydrogens is 314 g/mol. The van der Waals surface area contributed by atoms with Crippen LogP contribution in [0, 0.1) is 0 Å². The first-order chi connectivity index (χ1) is 11.0. The summed E-state index contributed by atoms with van der Waals surface area (Å²) in [5.74, 6) is 0.0940. The smallest absolute Gasteiger partial charge is 0.324 e. The monoisotopic (exact) mass is 337 g/mol. The van der Waals surface area contributed by atoms with E-state index in [1.807, 2.05) is 28.0 Å². The van der Waals surface area contributed by atoms with Gasteiger partial charge in [0.2, 0.25) is 10.0 Å². The highest BCUT2D eigenvalue weighted by Crippen LogP contribution is 2.29. The lowest BCUT2D eigenvalue weighted by Gasteiger charge is -2.34. The molecule has 23 heavy (non-hydrogen) atoms. The predicted octanol–water partition coefficient (Wildman–Crippen LogP) is 1.57. The number of nitrogens with zero attached hydrogens (tertiary/aromatic N) is 2. The van der Waals surface area contributed by atoms with Crippen molar-refractivity contribution >= 4 is 21.7 Å². The molecule has 1 N–H and O–H groups in total. The van der Waals surface area contributed by atoms with Crippen LogP contribution in [0.3, 0.4) is 0 Å². The maximum atomic E-state index is 12.7. The minimum Gasteiger partial charge on any atom is -0.324 e. The number of hydrogen-bond donors (Lipinski definition) is 1. The van der Waals surface area contributed by atoms with Crippen molar-refractivity contribution in [3.63, 3.8) is 0 Å². The van der Waals surface area contributed by atoms with Gasteiger partial charge in [-0.05, 0) is 37.8 Å². The van der Waals surface area contributed by atoms with Crippen molar-refractivity contribution in [1.29, 1.82) is 0 Å². The first kappa shape index (κ1) is 16.3. The molecule has 1 fully saturated rings. The van der Waals surface area contributed by atoms with Gasteiger partial charge >= 0.3 is 6.03 Å². The Morgan fingerprint density at radius 1 is 1.22 bits per heavy atom. The average molecular weight is 337 g/mol. The van der Waals surface area contributed by atoms with E-state index in [9.17, 15) is 13.2 Å².